The van der Waals surface area contributed by atoms with Crippen LogP contribution in [0.2, 0.25) is 0 Å². The van der Waals surface area contributed by atoms with Crippen LogP contribution in [0.4, 0.5) is 0 Å². The summed E-state index contributed by atoms with van der Waals surface area (Å²) in [6.45, 7) is 3.23. The molecule has 1 unspecified atom stereocenters. The fourth-order valence-corrected chi connectivity index (χ4v) is 3.16. The van der Waals surface area contributed by atoms with Crippen LogP contribution in [0.5, 0.6) is 0 Å². The lowest BCUT2D eigenvalue weighted by Gasteiger charge is -2.32. The van der Waals surface area contributed by atoms with Crippen LogP contribution in [0.3, 0.4) is 0 Å². The summed E-state index contributed by atoms with van der Waals surface area (Å²) in [5.74, 6) is 1.06. The van der Waals surface area contributed by atoms with Crippen LogP contribution in [0.15, 0.2) is 53.6 Å². The van der Waals surface area contributed by atoms with Gasteiger partial charge in [0.1, 0.15) is 6.61 Å². The summed E-state index contributed by atoms with van der Waals surface area (Å²) < 4.78 is 11.3. The first kappa shape index (κ1) is 16.8. The molecule has 0 N–H and O–H groups in total. The minimum atomic E-state index is 0.177. The van der Waals surface area contributed by atoms with E-state index in [1.54, 1.807) is 18.6 Å². The molecule has 7 nitrogen and oxygen atoms in total. The van der Waals surface area contributed by atoms with Gasteiger partial charge in [0.15, 0.2) is 0 Å². The molecule has 3 aromatic rings. The lowest BCUT2D eigenvalue weighted by Crippen LogP contribution is -2.39. The smallest absolute Gasteiger partial charge is 0.252 e. The number of piperidine rings is 1. The molecule has 1 aliphatic heterocycles. The quantitative estimate of drug-likeness (QED) is 0.676. The molecule has 0 saturated carbocycles. The number of rotatable bonds is 6. The highest BCUT2D eigenvalue weighted by atomic mass is 16.5. The Labute approximate surface area is 152 Å². The monoisotopic (exact) mass is 351 g/mol. The normalized spacial score (nSPS) is 18.1. The molecule has 26 heavy (non-hydrogen) atoms. The summed E-state index contributed by atoms with van der Waals surface area (Å²) >= 11 is 0. The summed E-state index contributed by atoms with van der Waals surface area (Å²) in [4.78, 5) is 15.0. The van der Waals surface area contributed by atoms with Gasteiger partial charge in [-0.25, -0.2) is 0 Å². The van der Waals surface area contributed by atoms with E-state index in [1.807, 2.05) is 24.4 Å². The molecule has 134 valence electrons. The molecule has 0 aliphatic carbocycles. The lowest BCUT2D eigenvalue weighted by molar-refractivity contribution is -0.0211. The molecule has 0 amide bonds. The number of aromatic nitrogens is 4. The van der Waals surface area contributed by atoms with Gasteiger partial charge in [-0.05, 0) is 43.1 Å². The average Bonchev–Trinajstić information content (AvgIpc) is 3.17. The van der Waals surface area contributed by atoms with Gasteiger partial charge in [0, 0.05) is 43.4 Å². The molecule has 3 aromatic heterocycles. The zero-order valence-corrected chi connectivity index (χ0v) is 14.5. The van der Waals surface area contributed by atoms with Crippen molar-refractivity contribution in [3.05, 3.63) is 60.5 Å². The third-order valence-corrected chi connectivity index (χ3v) is 4.44. The van der Waals surface area contributed by atoms with Crippen molar-refractivity contribution >= 4 is 0 Å². The van der Waals surface area contributed by atoms with Gasteiger partial charge in [-0.15, -0.1) is 0 Å². The molecule has 0 aromatic carbocycles. The second-order valence-electron chi connectivity index (χ2n) is 6.42. The van der Waals surface area contributed by atoms with Crippen molar-refractivity contribution in [3.63, 3.8) is 0 Å². The van der Waals surface area contributed by atoms with E-state index in [4.69, 9.17) is 9.26 Å². The van der Waals surface area contributed by atoms with Crippen LogP contribution < -0.4 is 0 Å². The van der Waals surface area contributed by atoms with Gasteiger partial charge >= 0.3 is 0 Å². The lowest BCUT2D eigenvalue weighted by atomic mass is 10.1. The first-order valence-corrected chi connectivity index (χ1v) is 8.83. The standard InChI is InChI=1S/C19H21N5O2/c1-3-15(11-21-7-1)12-24-10-2-4-17(13-24)25-14-18-22-19(23-26-18)16-5-8-20-9-6-16/h1,3,5-9,11,17H,2,4,10,12-14H2. The molecule has 0 bridgehead atoms. The highest BCUT2D eigenvalue weighted by Crippen LogP contribution is 2.18. The minimum absolute atomic E-state index is 0.177. The molecule has 0 spiro atoms. The molecule has 7 heteroatoms. The van der Waals surface area contributed by atoms with Gasteiger partial charge in [0.2, 0.25) is 5.82 Å². The number of likely N-dealkylation sites (tertiary alicyclic amines) is 1. The van der Waals surface area contributed by atoms with Crippen LogP contribution in [0.1, 0.15) is 24.3 Å². The van der Waals surface area contributed by atoms with Crippen molar-refractivity contribution in [1.82, 2.24) is 25.0 Å². The Morgan fingerprint density at radius 1 is 1.15 bits per heavy atom. The Morgan fingerprint density at radius 2 is 2.08 bits per heavy atom. The summed E-state index contributed by atoms with van der Waals surface area (Å²) in [7, 11) is 0. The van der Waals surface area contributed by atoms with Crippen molar-refractivity contribution in [2.45, 2.75) is 32.1 Å². The third-order valence-electron chi connectivity index (χ3n) is 4.44. The molecule has 4 heterocycles. The molecule has 0 radical (unpaired) electrons. The maximum absolute atomic E-state index is 6.02. The Morgan fingerprint density at radius 3 is 2.92 bits per heavy atom. The van der Waals surface area contributed by atoms with Crippen molar-refractivity contribution in [2.24, 2.45) is 0 Å². The van der Waals surface area contributed by atoms with E-state index in [1.165, 1.54) is 5.56 Å². The van der Waals surface area contributed by atoms with E-state index in [0.29, 0.717) is 18.3 Å². The largest absolute Gasteiger partial charge is 0.367 e. The number of pyridine rings is 2. The Bertz CT molecular complexity index is 809. The van der Waals surface area contributed by atoms with Crippen LogP contribution in [0.25, 0.3) is 11.4 Å². The van der Waals surface area contributed by atoms with Gasteiger partial charge in [-0.3, -0.25) is 14.9 Å². The minimum Gasteiger partial charge on any atom is -0.367 e. The van der Waals surface area contributed by atoms with Crippen LogP contribution in [-0.2, 0) is 17.9 Å². The second kappa shape index (κ2) is 8.16. The maximum atomic E-state index is 6.02. The second-order valence-corrected chi connectivity index (χ2v) is 6.42. The van der Waals surface area contributed by atoms with E-state index >= 15 is 0 Å². The van der Waals surface area contributed by atoms with Crippen LogP contribution in [-0.4, -0.2) is 44.2 Å². The van der Waals surface area contributed by atoms with Crippen LogP contribution in [0, 0.1) is 0 Å². The number of hydrogen-bond acceptors (Lipinski definition) is 7. The molecule has 1 aliphatic rings. The number of hydrogen-bond donors (Lipinski definition) is 0. The summed E-state index contributed by atoms with van der Waals surface area (Å²) in [5, 5.41) is 4.01. The van der Waals surface area contributed by atoms with Gasteiger partial charge < -0.3 is 9.26 Å². The SMILES string of the molecule is c1cncc(CN2CCCC(OCc3nc(-c4ccncc4)no3)C2)c1. The molecule has 1 fully saturated rings. The fraction of sp³-hybridized carbons (Fsp3) is 0.368. The fourth-order valence-electron chi connectivity index (χ4n) is 3.16. The van der Waals surface area contributed by atoms with Crippen LogP contribution >= 0.6 is 0 Å². The first-order chi connectivity index (χ1) is 12.9. The Hall–Kier alpha value is -2.64. The zero-order valence-electron chi connectivity index (χ0n) is 14.5. The van der Waals surface area contributed by atoms with E-state index in [0.717, 1.165) is 38.0 Å². The molecular formula is C19H21N5O2. The van der Waals surface area contributed by atoms with E-state index in [9.17, 15) is 0 Å². The number of nitrogens with zero attached hydrogens (tertiary/aromatic N) is 5. The van der Waals surface area contributed by atoms with E-state index in [2.05, 4.69) is 31.1 Å². The van der Waals surface area contributed by atoms with Crippen molar-refractivity contribution < 1.29 is 9.26 Å². The maximum Gasteiger partial charge on any atom is 0.252 e. The van der Waals surface area contributed by atoms with Crippen molar-refractivity contribution in [1.29, 1.82) is 0 Å². The van der Waals surface area contributed by atoms with Gasteiger partial charge in [-0.1, -0.05) is 11.2 Å². The Kier molecular flexibility index (Phi) is 5.27. The summed E-state index contributed by atoms with van der Waals surface area (Å²) in [6, 6.07) is 7.79. The molecule has 1 saturated heterocycles. The molecular weight excluding hydrogens is 330 g/mol. The summed E-state index contributed by atoms with van der Waals surface area (Å²) in [6.07, 6.45) is 9.49. The van der Waals surface area contributed by atoms with Gasteiger partial charge in [0.05, 0.1) is 6.10 Å². The van der Waals surface area contributed by atoms with Gasteiger partial charge in [0.25, 0.3) is 5.89 Å². The predicted molar refractivity (Wildman–Crippen MR) is 94.9 cm³/mol. The average molecular weight is 351 g/mol. The third kappa shape index (κ3) is 4.30. The zero-order chi connectivity index (χ0) is 17.6. The predicted octanol–water partition coefficient (Wildman–Crippen LogP) is 2.71. The van der Waals surface area contributed by atoms with Crippen molar-refractivity contribution in [3.8, 4) is 11.4 Å². The molecule has 1 atom stereocenters. The van der Waals surface area contributed by atoms with E-state index < -0.39 is 0 Å². The Balaban J connectivity index is 1.30. The van der Waals surface area contributed by atoms with E-state index in [-0.39, 0.29) is 6.10 Å². The van der Waals surface area contributed by atoms with Crippen molar-refractivity contribution in [2.75, 3.05) is 13.1 Å². The number of ether oxygens (including phenoxy) is 1. The highest BCUT2D eigenvalue weighted by molar-refractivity contribution is 5.52. The first-order valence-electron chi connectivity index (χ1n) is 8.83. The van der Waals surface area contributed by atoms with Gasteiger partial charge in [-0.2, -0.15) is 4.98 Å². The molecule has 4 rings (SSSR count). The highest BCUT2D eigenvalue weighted by Gasteiger charge is 2.21. The topological polar surface area (TPSA) is 77.2 Å². The summed E-state index contributed by atoms with van der Waals surface area (Å²) in [5.41, 5.74) is 2.11.